The summed E-state index contributed by atoms with van der Waals surface area (Å²) in [6.45, 7) is 9.72. The first-order valence-electron chi connectivity index (χ1n) is 13.8. The molecule has 0 radical (unpaired) electrons. The van der Waals surface area contributed by atoms with E-state index in [0.29, 0.717) is 5.92 Å². The Morgan fingerprint density at radius 3 is 2.59 bits per heavy atom. The molecule has 5 nitrogen and oxygen atoms in total. The molecule has 0 amide bonds. The van der Waals surface area contributed by atoms with Crippen LogP contribution in [0.25, 0.3) is 22.2 Å². The van der Waals surface area contributed by atoms with Crippen molar-refractivity contribution in [1.82, 2.24) is 15.0 Å². The van der Waals surface area contributed by atoms with Gasteiger partial charge in [-0.3, -0.25) is 9.98 Å². The van der Waals surface area contributed by atoms with Crippen molar-refractivity contribution in [3.8, 4) is 11.1 Å². The molecule has 1 unspecified atom stereocenters. The van der Waals surface area contributed by atoms with Gasteiger partial charge in [0.05, 0.1) is 16.7 Å². The number of imidazole rings is 1. The first-order chi connectivity index (χ1) is 19.0. The Morgan fingerprint density at radius 2 is 1.87 bits per heavy atom. The van der Waals surface area contributed by atoms with Gasteiger partial charge in [-0.2, -0.15) is 0 Å². The molecular weight excluding hydrogens is 478 g/mol. The maximum absolute atomic E-state index is 4.90. The second kappa shape index (κ2) is 11.6. The summed E-state index contributed by atoms with van der Waals surface area (Å²) in [5.41, 5.74) is 12.7. The number of anilines is 1. The monoisotopic (exact) mass is 515 g/mol. The Kier molecular flexibility index (Phi) is 7.87. The highest BCUT2D eigenvalue weighted by atomic mass is 14.9. The molecule has 2 aromatic heterocycles. The Hall–Kier alpha value is -4.25. The van der Waals surface area contributed by atoms with Gasteiger partial charge in [-0.15, -0.1) is 0 Å². The lowest BCUT2D eigenvalue weighted by Crippen LogP contribution is -2.11. The second-order valence-corrected chi connectivity index (χ2v) is 10.2. The fourth-order valence-electron chi connectivity index (χ4n) is 5.19. The number of aromatic amines is 1. The van der Waals surface area contributed by atoms with Crippen molar-refractivity contribution in [3.05, 3.63) is 113 Å². The smallest absolute Gasteiger partial charge is 0.157 e. The highest BCUT2D eigenvalue weighted by molar-refractivity contribution is 6.13. The first-order valence-corrected chi connectivity index (χ1v) is 13.8. The van der Waals surface area contributed by atoms with E-state index >= 15 is 0 Å². The molecule has 0 saturated carbocycles. The standard InChI is InChI=1S/C34H37N5/c1-6-22(3)28-15-14-25(19-30(28)33(35-5)34-38-31-12-8-9-13-32(31)39-34)29-18-24(7-2)17-26(23(29)4)20-37-27-11-10-16-36-21-27/h8-19,21-22,37H,6-7,20H2,1-5H3,(H,38,39). The summed E-state index contributed by atoms with van der Waals surface area (Å²) < 4.78 is 0. The zero-order chi connectivity index (χ0) is 27.4. The molecule has 198 valence electrons. The molecule has 0 fully saturated rings. The zero-order valence-electron chi connectivity index (χ0n) is 23.5. The van der Waals surface area contributed by atoms with Gasteiger partial charge < -0.3 is 10.3 Å². The van der Waals surface area contributed by atoms with Crippen LogP contribution in [0.15, 0.2) is 84.1 Å². The van der Waals surface area contributed by atoms with Gasteiger partial charge in [0, 0.05) is 31.5 Å². The van der Waals surface area contributed by atoms with Crippen LogP contribution in [0.2, 0.25) is 0 Å². The third-order valence-electron chi connectivity index (χ3n) is 7.73. The Bertz CT molecular complexity index is 1580. The molecule has 1 atom stereocenters. The van der Waals surface area contributed by atoms with Gasteiger partial charge >= 0.3 is 0 Å². The van der Waals surface area contributed by atoms with E-state index in [1.807, 2.05) is 37.5 Å². The minimum Gasteiger partial charge on any atom is -0.380 e. The lowest BCUT2D eigenvalue weighted by molar-refractivity contribution is 0.732. The number of fused-ring (bicyclic) bond motifs is 1. The molecule has 3 aromatic carbocycles. The Balaban J connectivity index is 1.60. The van der Waals surface area contributed by atoms with Gasteiger partial charge in [0.2, 0.25) is 0 Å². The van der Waals surface area contributed by atoms with E-state index in [4.69, 9.17) is 9.98 Å². The topological polar surface area (TPSA) is 66.0 Å². The van der Waals surface area contributed by atoms with Crippen LogP contribution in [0.4, 0.5) is 5.69 Å². The summed E-state index contributed by atoms with van der Waals surface area (Å²) >= 11 is 0. The van der Waals surface area contributed by atoms with Crippen molar-refractivity contribution in [2.24, 2.45) is 4.99 Å². The molecule has 2 N–H and O–H groups in total. The van der Waals surface area contributed by atoms with Crippen LogP contribution >= 0.6 is 0 Å². The number of rotatable bonds is 9. The summed E-state index contributed by atoms with van der Waals surface area (Å²) in [6, 6.07) is 23.7. The molecule has 2 heterocycles. The molecule has 39 heavy (non-hydrogen) atoms. The largest absolute Gasteiger partial charge is 0.380 e. The second-order valence-electron chi connectivity index (χ2n) is 10.2. The van der Waals surface area contributed by atoms with E-state index in [9.17, 15) is 0 Å². The summed E-state index contributed by atoms with van der Waals surface area (Å²) in [6.07, 6.45) is 5.69. The molecule has 0 saturated heterocycles. The summed E-state index contributed by atoms with van der Waals surface area (Å²) in [4.78, 5) is 17.4. The number of aliphatic imine (C=N–C) groups is 1. The molecule has 0 aliphatic carbocycles. The molecule has 0 spiro atoms. The molecular formula is C34H37N5. The van der Waals surface area contributed by atoms with Gasteiger partial charge in [-0.25, -0.2) is 4.98 Å². The molecule has 5 rings (SSSR count). The van der Waals surface area contributed by atoms with Gasteiger partial charge in [0.15, 0.2) is 5.82 Å². The van der Waals surface area contributed by atoms with Crippen LogP contribution in [-0.2, 0) is 13.0 Å². The van der Waals surface area contributed by atoms with Crippen molar-refractivity contribution < 1.29 is 0 Å². The summed E-state index contributed by atoms with van der Waals surface area (Å²) in [5.74, 6) is 1.21. The minimum atomic E-state index is 0.400. The van der Waals surface area contributed by atoms with Crippen LogP contribution in [0.3, 0.4) is 0 Å². The summed E-state index contributed by atoms with van der Waals surface area (Å²) in [5, 5.41) is 3.54. The van der Waals surface area contributed by atoms with E-state index < -0.39 is 0 Å². The number of nitrogens with zero attached hydrogens (tertiary/aromatic N) is 3. The van der Waals surface area contributed by atoms with Gasteiger partial charge in [0.1, 0.15) is 5.71 Å². The van der Waals surface area contributed by atoms with E-state index in [-0.39, 0.29) is 0 Å². The lowest BCUT2D eigenvalue weighted by Gasteiger charge is -2.20. The number of H-pyrrole nitrogens is 1. The molecule has 5 aromatic rings. The van der Waals surface area contributed by atoms with Crippen LogP contribution < -0.4 is 5.32 Å². The lowest BCUT2D eigenvalue weighted by atomic mass is 9.86. The fourth-order valence-corrected chi connectivity index (χ4v) is 5.19. The maximum atomic E-state index is 4.90. The average molecular weight is 516 g/mol. The van der Waals surface area contributed by atoms with E-state index in [2.05, 4.69) is 85.4 Å². The van der Waals surface area contributed by atoms with Gasteiger partial charge in [-0.05, 0) is 89.4 Å². The Morgan fingerprint density at radius 1 is 1.03 bits per heavy atom. The number of aromatic nitrogens is 3. The van der Waals surface area contributed by atoms with E-state index in [1.165, 1.54) is 33.4 Å². The SMILES string of the molecule is CCc1cc(CNc2cccnc2)c(C)c(-c2ccc(C(C)CC)c(C(=NC)c3nc4ccccc4[nH]3)c2)c1. The number of para-hydroxylation sites is 2. The van der Waals surface area contributed by atoms with Crippen molar-refractivity contribution in [3.63, 3.8) is 0 Å². The molecule has 0 aliphatic rings. The molecule has 0 bridgehead atoms. The van der Waals surface area contributed by atoms with Crippen molar-refractivity contribution in [2.45, 2.75) is 53.0 Å². The van der Waals surface area contributed by atoms with E-state index in [1.54, 1.807) is 6.20 Å². The maximum Gasteiger partial charge on any atom is 0.157 e. The quantitative estimate of drug-likeness (QED) is 0.195. The third kappa shape index (κ3) is 5.49. The van der Waals surface area contributed by atoms with Crippen molar-refractivity contribution >= 4 is 22.4 Å². The van der Waals surface area contributed by atoms with E-state index in [0.717, 1.165) is 53.2 Å². The first kappa shape index (κ1) is 26.4. The predicted molar refractivity (Wildman–Crippen MR) is 164 cm³/mol. The van der Waals surface area contributed by atoms with Gasteiger partial charge in [-0.1, -0.05) is 57.2 Å². The Labute approximate surface area is 231 Å². The van der Waals surface area contributed by atoms with Crippen molar-refractivity contribution in [1.29, 1.82) is 0 Å². The predicted octanol–water partition coefficient (Wildman–Crippen LogP) is 8.09. The summed E-state index contributed by atoms with van der Waals surface area (Å²) in [7, 11) is 1.86. The minimum absolute atomic E-state index is 0.400. The number of hydrogen-bond acceptors (Lipinski definition) is 4. The highest BCUT2D eigenvalue weighted by Gasteiger charge is 2.20. The van der Waals surface area contributed by atoms with Crippen LogP contribution in [0, 0.1) is 6.92 Å². The molecule has 0 aliphatic heterocycles. The van der Waals surface area contributed by atoms with Crippen LogP contribution in [0.5, 0.6) is 0 Å². The number of nitrogens with one attached hydrogen (secondary N) is 2. The van der Waals surface area contributed by atoms with Crippen LogP contribution in [0.1, 0.15) is 66.8 Å². The zero-order valence-corrected chi connectivity index (χ0v) is 23.5. The fraction of sp³-hybridized carbons (Fsp3) is 0.265. The number of aryl methyl sites for hydroxylation is 1. The van der Waals surface area contributed by atoms with Crippen LogP contribution in [-0.4, -0.2) is 27.7 Å². The van der Waals surface area contributed by atoms with Gasteiger partial charge in [0.25, 0.3) is 0 Å². The number of pyridine rings is 1. The van der Waals surface area contributed by atoms with Crippen molar-refractivity contribution in [2.75, 3.05) is 12.4 Å². The normalized spacial score (nSPS) is 12.6. The average Bonchev–Trinajstić information content (AvgIpc) is 3.41. The number of hydrogen-bond donors (Lipinski definition) is 2. The number of benzene rings is 3. The molecule has 5 heteroatoms. The highest BCUT2D eigenvalue weighted by Crippen LogP contribution is 2.33. The third-order valence-corrected chi connectivity index (χ3v) is 7.73.